The molecule has 0 amide bonds. The normalized spacial score (nSPS) is 11.0. The number of nitrogens with zero attached hydrogens (tertiary/aromatic N) is 3. The number of nitrogens with one attached hydrogen (secondary N) is 1. The van der Waals surface area contributed by atoms with Crippen molar-refractivity contribution in [3.05, 3.63) is 72.7 Å². The van der Waals surface area contributed by atoms with Gasteiger partial charge in [-0.2, -0.15) is 5.10 Å². The Hall–Kier alpha value is -3.28. The lowest BCUT2D eigenvalue weighted by atomic mass is 10.0. The van der Waals surface area contributed by atoms with E-state index in [-0.39, 0.29) is 5.39 Å². The van der Waals surface area contributed by atoms with E-state index in [1.807, 2.05) is 30.3 Å². The van der Waals surface area contributed by atoms with Gasteiger partial charge in [-0.1, -0.05) is 18.2 Å². The van der Waals surface area contributed by atoms with Gasteiger partial charge in [-0.15, -0.1) is 0 Å². The Morgan fingerprint density at radius 2 is 1.84 bits per heavy atom. The highest BCUT2D eigenvalue weighted by Crippen LogP contribution is 2.34. The second kappa shape index (κ2) is 5.98. The largest absolute Gasteiger partial charge is 0.340 e. The fourth-order valence-corrected chi connectivity index (χ4v) is 2.83. The van der Waals surface area contributed by atoms with Gasteiger partial charge in [0, 0.05) is 47.7 Å². The molecule has 25 heavy (non-hydrogen) atoms. The number of fused-ring (bicyclic) bond motifs is 1. The van der Waals surface area contributed by atoms with Gasteiger partial charge in [0.1, 0.15) is 17.5 Å². The highest BCUT2D eigenvalue weighted by molar-refractivity contribution is 6.02. The maximum absolute atomic E-state index is 14.6. The monoisotopic (exact) mass is 336 g/mol. The molecule has 0 atom stereocenters. The molecule has 0 aliphatic carbocycles. The molecule has 2 aromatic heterocycles. The number of para-hydroxylation sites is 1. The summed E-state index contributed by atoms with van der Waals surface area (Å²) in [5, 5.41) is 7.90. The number of aromatic nitrogens is 3. The van der Waals surface area contributed by atoms with Gasteiger partial charge in [-0.3, -0.25) is 4.68 Å². The molecule has 4 aromatic rings. The van der Waals surface area contributed by atoms with Gasteiger partial charge in [0.25, 0.3) is 0 Å². The van der Waals surface area contributed by atoms with Crippen molar-refractivity contribution in [2.75, 3.05) is 5.32 Å². The lowest BCUT2D eigenvalue weighted by Crippen LogP contribution is -1.98. The predicted molar refractivity (Wildman–Crippen MR) is 93.6 cm³/mol. The van der Waals surface area contributed by atoms with Crippen LogP contribution in [0.4, 0.5) is 20.3 Å². The minimum Gasteiger partial charge on any atom is -0.340 e. The third-order valence-electron chi connectivity index (χ3n) is 3.96. The van der Waals surface area contributed by atoms with Crippen molar-refractivity contribution in [3.8, 4) is 11.1 Å². The predicted octanol–water partition coefficient (Wildman–Crippen LogP) is 4.66. The van der Waals surface area contributed by atoms with Crippen LogP contribution in [0.5, 0.6) is 0 Å². The van der Waals surface area contributed by atoms with Crippen LogP contribution in [0.2, 0.25) is 0 Å². The smallest absolute Gasteiger partial charge is 0.141 e. The summed E-state index contributed by atoms with van der Waals surface area (Å²) < 4.78 is 30.1. The van der Waals surface area contributed by atoms with Gasteiger partial charge in [-0.05, 0) is 18.2 Å². The molecule has 0 aliphatic rings. The van der Waals surface area contributed by atoms with E-state index in [4.69, 9.17) is 0 Å². The molecule has 4 nitrogen and oxygen atoms in total. The topological polar surface area (TPSA) is 42.7 Å². The van der Waals surface area contributed by atoms with Crippen molar-refractivity contribution in [1.82, 2.24) is 14.8 Å². The average molecular weight is 336 g/mol. The Kier molecular flexibility index (Phi) is 3.65. The molecule has 0 radical (unpaired) electrons. The van der Waals surface area contributed by atoms with Crippen LogP contribution in [0.3, 0.4) is 0 Å². The second-order valence-corrected chi connectivity index (χ2v) is 5.72. The van der Waals surface area contributed by atoms with E-state index in [0.29, 0.717) is 16.8 Å². The molecule has 0 aliphatic heterocycles. The maximum atomic E-state index is 14.6. The van der Waals surface area contributed by atoms with Gasteiger partial charge in [0.2, 0.25) is 0 Å². The number of rotatable bonds is 3. The Bertz CT molecular complexity index is 1060. The molecule has 2 aromatic carbocycles. The summed E-state index contributed by atoms with van der Waals surface area (Å²) in [6.45, 7) is 0. The Morgan fingerprint density at radius 3 is 2.56 bits per heavy atom. The van der Waals surface area contributed by atoms with Gasteiger partial charge in [0.05, 0.1) is 11.6 Å². The molecule has 0 saturated heterocycles. The van der Waals surface area contributed by atoms with Gasteiger partial charge in [-0.25, -0.2) is 13.8 Å². The fraction of sp³-hybridized carbons (Fsp3) is 0.0526. The lowest BCUT2D eigenvalue weighted by Gasteiger charge is -2.12. The van der Waals surface area contributed by atoms with Crippen molar-refractivity contribution >= 4 is 22.3 Å². The number of hydrogen-bond acceptors (Lipinski definition) is 3. The van der Waals surface area contributed by atoms with Crippen LogP contribution in [0.25, 0.3) is 21.9 Å². The summed E-state index contributed by atoms with van der Waals surface area (Å²) >= 11 is 0. The van der Waals surface area contributed by atoms with E-state index in [9.17, 15) is 8.78 Å². The molecule has 6 heteroatoms. The van der Waals surface area contributed by atoms with Crippen LogP contribution in [0.1, 0.15) is 0 Å². The lowest BCUT2D eigenvalue weighted by molar-refractivity contribution is 0.592. The number of halogens is 2. The molecule has 0 unspecified atom stereocenters. The van der Waals surface area contributed by atoms with E-state index >= 15 is 0 Å². The Balaban J connectivity index is 1.94. The van der Waals surface area contributed by atoms with E-state index in [1.54, 1.807) is 30.3 Å². The highest BCUT2D eigenvalue weighted by atomic mass is 19.1. The first-order valence-corrected chi connectivity index (χ1v) is 7.70. The van der Waals surface area contributed by atoms with Crippen LogP contribution in [0, 0.1) is 11.6 Å². The zero-order chi connectivity index (χ0) is 17.4. The zero-order valence-electron chi connectivity index (χ0n) is 13.4. The summed E-state index contributed by atoms with van der Waals surface area (Å²) in [5.41, 5.74) is 2.14. The minimum atomic E-state index is -0.660. The Labute approximate surface area is 142 Å². The van der Waals surface area contributed by atoms with E-state index in [1.165, 1.54) is 6.07 Å². The summed E-state index contributed by atoms with van der Waals surface area (Å²) in [5.74, 6) is -0.954. The number of aryl methyl sites for hydroxylation is 1. The average Bonchev–Trinajstić information content (AvgIpc) is 3.01. The second-order valence-electron chi connectivity index (χ2n) is 5.72. The van der Waals surface area contributed by atoms with Crippen molar-refractivity contribution in [2.45, 2.75) is 0 Å². The van der Waals surface area contributed by atoms with Gasteiger partial charge >= 0.3 is 0 Å². The summed E-state index contributed by atoms with van der Waals surface area (Å²) in [7, 11) is 1.78. The van der Waals surface area contributed by atoms with Crippen LogP contribution in [-0.2, 0) is 7.05 Å². The molecule has 1 N–H and O–H groups in total. The third-order valence-corrected chi connectivity index (χ3v) is 3.96. The van der Waals surface area contributed by atoms with Crippen molar-refractivity contribution in [1.29, 1.82) is 0 Å². The number of anilines is 2. The molecule has 4 rings (SSSR count). The summed E-state index contributed by atoms with van der Waals surface area (Å²) in [4.78, 5) is 4.37. The van der Waals surface area contributed by atoms with Crippen LogP contribution in [0.15, 0.2) is 61.1 Å². The van der Waals surface area contributed by atoms with E-state index in [2.05, 4.69) is 15.4 Å². The SMILES string of the molecule is Cn1cc(-c2cnc(Nc3ccccc3)c3c(F)cc(F)cc23)cn1. The molecule has 124 valence electrons. The highest BCUT2D eigenvalue weighted by Gasteiger charge is 2.16. The maximum Gasteiger partial charge on any atom is 0.141 e. The van der Waals surface area contributed by atoms with E-state index < -0.39 is 11.6 Å². The Morgan fingerprint density at radius 1 is 1.04 bits per heavy atom. The minimum absolute atomic E-state index is 0.242. The molecule has 2 heterocycles. The first-order valence-electron chi connectivity index (χ1n) is 7.70. The zero-order valence-corrected chi connectivity index (χ0v) is 13.4. The van der Waals surface area contributed by atoms with Crippen molar-refractivity contribution < 1.29 is 8.78 Å². The third kappa shape index (κ3) is 2.82. The molecule has 0 bridgehead atoms. The molecular formula is C19H14F2N4. The molecule has 0 saturated carbocycles. The number of hydrogen-bond donors (Lipinski definition) is 1. The quantitative estimate of drug-likeness (QED) is 0.592. The van der Waals surface area contributed by atoms with Gasteiger partial charge < -0.3 is 5.32 Å². The van der Waals surface area contributed by atoms with Crippen LogP contribution < -0.4 is 5.32 Å². The summed E-state index contributed by atoms with van der Waals surface area (Å²) in [6.07, 6.45) is 5.02. The molecule has 0 fully saturated rings. The number of benzene rings is 2. The van der Waals surface area contributed by atoms with Crippen molar-refractivity contribution in [2.24, 2.45) is 7.05 Å². The standard InChI is InChI=1S/C19H14F2N4/c1-25-11-12(9-23-25)16-10-22-19(24-14-5-3-2-4-6-14)18-15(16)7-13(20)8-17(18)21/h2-11H,1H3,(H,22,24). The van der Waals surface area contributed by atoms with Crippen LogP contribution in [-0.4, -0.2) is 14.8 Å². The van der Waals surface area contributed by atoms with Gasteiger partial charge in [0.15, 0.2) is 0 Å². The fourth-order valence-electron chi connectivity index (χ4n) is 2.83. The molecule has 0 spiro atoms. The molecular weight excluding hydrogens is 322 g/mol. The van der Waals surface area contributed by atoms with E-state index in [0.717, 1.165) is 17.3 Å². The first-order chi connectivity index (χ1) is 12.1. The van der Waals surface area contributed by atoms with Crippen LogP contribution >= 0.6 is 0 Å². The number of pyridine rings is 1. The summed E-state index contributed by atoms with van der Waals surface area (Å²) in [6, 6.07) is 11.5. The van der Waals surface area contributed by atoms with Crippen molar-refractivity contribution in [3.63, 3.8) is 0 Å². The first kappa shape index (κ1) is 15.3.